The summed E-state index contributed by atoms with van der Waals surface area (Å²) in [7, 11) is 0. The highest BCUT2D eigenvalue weighted by molar-refractivity contribution is 6.35. The first-order valence-corrected chi connectivity index (χ1v) is 6.65. The quantitative estimate of drug-likeness (QED) is 0.733. The van der Waals surface area contributed by atoms with Crippen LogP contribution in [-0.4, -0.2) is 23.4 Å². The Kier molecular flexibility index (Phi) is 4.37. The van der Waals surface area contributed by atoms with Crippen molar-refractivity contribution in [2.24, 2.45) is 0 Å². The van der Waals surface area contributed by atoms with Gasteiger partial charge in [0.1, 0.15) is 0 Å². The zero-order chi connectivity index (χ0) is 11.5. The molecule has 0 radical (unpaired) electrons. The van der Waals surface area contributed by atoms with E-state index in [0.29, 0.717) is 5.02 Å². The highest BCUT2D eigenvalue weighted by Gasteiger charge is 2.18. The fourth-order valence-electron chi connectivity index (χ4n) is 2.03. The zero-order valence-corrected chi connectivity index (χ0v) is 11.2. The second-order valence-corrected chi connectivity index (χ2v) is 5.67. The zero-order valence-electron chi connectivity index (χ0n) is 8.93. The van der Waals surface area contributed by atoms with E-state index < -0.39 is 0 Å². The molecular formula is C12H14Cl3N. The van der Waals surface area contributed by atoms with Crippen molar-refractivity contribution in [3.63, 3.8) is 0 Å². The molecule has 0 aromatic heterocycles. The summed E-state index contributed by atoms with van der Waals surface area (Å²) in [5, 5.41) is 1.70. The van der Waals surface area contributed by atoms with Crippen LogP contribution in [0.1, 0.15) is 18.4 Å². The number of benzene rings is 1. The van der Waals surface area contributed by atoms with E-state index in [1.165, 1.54) is 6.42 Å². The molecule has 88 valence electrons. The monoisotopic (exact) mass is 277 g/mol. The Morgan fingerprint density at radius 1 is 1.31 bits per heavy atom. The van der Waals surface area contributed by atoms with Gasteiger partial charge in [-0.25, -0.2) is 0 Å². The van der Waals surface area contributed by atoms with Crippen LogP contribution in [0.5, 0.6) is 0 Å². The summed E-state index contributed by atoms with van der Waals surface area (Å²) >= 11 is 18.2. The van der Waals surface area contributed by atoms with Crippen molar-refractivity contribution in [2.45, 2.75) is 24.8 Å². The van der Waals surface area contributed by atoms with Gasteiger partial charge in [-0.1, -0.05) is 29.3 Å². The molecule has 1 aromatic carbocycles. The maximum absolute atomic E-state index is 6.15. The first-order chi connectivity index (χ1) is 7.65. The average Bonchev–Trinajstić information content (AvgIpc) is 2.22. The summed E-state index contributed by atoms with van der Waals surface area (Å²) < 4.78 is 0. The Balaban J connectivity index is 2.02. The molecule has 0 bridgehead atoms. The van der Waals surface area contributed by atoms with Crippen molar-refractivity contribution in [1.82, 2.24) is 4.90 Å². The number of piperidine rings is 1. The minimum atomic E-state index is 0.278. The molecule has 0 aliphatic carbocycles. The Labute approximate surface area is 111 Å². The molecule has 1 aromatic rings. The smallest absolute Gasteiger partial charge is 0.0465 e. The lowest BCUT2D eigenvalue weighted by Gasteiger charge is -2.29. The van der Waals surface area contributed by atoms with Gasteiger partial charge in [0.25, 0.3) is 0 Å². The van der Waals surface area contributed by atoms with Crippen LogP contribution in [0.3, 0.4) is 0 Å². The maximum atomic E-state index is 6.15. The molecule has 1 unspecified atom stereocenters. The summed E-state index contributed by atoms with van der Waals surface area (Å²) in [6.07, 6.45) is 2.28. The van der Waals surface area contributed by atoms with Crippen molar-refractivity contribution in [3.8, 4) is 0 Å². The third-order valence-electron chi connectivity index (χ3n) is 2.86. The molecule has 1 heterocycles. The number of alkyl halides is 1. The van der Waals surface area contributed by atoms with Crippen molar-refractivity contribution in [2.75, 3.05) is 13.1 Å². The van der Waals surface area contributed by atoms with Gasteiger partial charge in [-0.3, -0.25) is 4.90 Å². The summed E-state index contributed by atoms with van der Waals surface area (Å²) in [6.45, 7) is 2.90. The highest BCUT2D eigenvalue weighted by Crippen LogP contribution is 2.24. The van der Waals surface area contributed by atoms with Crippen LogP contribution < -0.4 is 0 Å². The van der Waals surface area contributed by atoms with E-state index in [1.54, 1.807) is 6.07 Å². The van der Waals surface area contributed by atoms with Crippen molar-refractivity contribution >= 4 is 34.8 Å². The van der Waals surface area contributed by atoms with E-state index in [9.17, 15) is 0 Å². The number of halogens is 3. The van der Waals surface area contributed by atoms with E-state index in [2.05, 4.69) is 4.90 Å². The molecule has 16 heavy (non-hydrogen) atoms. The average molecular weight is 279 g/mol. The van der Waals surface area contributed by atoms with Gasteiger partial charge in [-0.05, 0) is 37.1 Å². The van der Waals surface area contributed by atoms with E-state index in [-0.39, 0.29) is 5.38 Å². The van der Waals surface area contributed by atoms with Crippen LogP contribution in [-0.2, 0) is 6.54 Å². The van der Waals surface area contributed by atoms with Gasteiger partial charge in [0.05, 0.1) is 0 Å². The molecule has 0 amide bonds. The van der Waals surface area contributed by atoms with Gasteiger partial charge in [-0.2, -0.15) is 0 Å². The van der Waals surface area contributed by atoms with Crippen LogP contribution in [0.4, 0.5) is 0 Å². The first-order valence-electron chi connectivity index (χ1n) is 5.45. The van der Waals surface area contributed by atoms with E-state index in [0.717, 1.165) is 36.6 Å². The summed E-state index contributed by atoms with van der Waals surface area (Å²) in [4.78, 5) is 2.34. The van der Waals surface area contributed by atoms with Gasteiger partial charge in [0, 0.05) is 28.5 Å². The van der Waals surface area contributed by atoms with Crippen LogP contribution in [0, 0.1) is 0 Å². The lowest BCUT2D eigenvalue weighted by atomic mass is 10.1. The Bertz CT molecular complexity index is 367. The third-order valence-corrected chi connectivity index (χ3v) is 3.80. The van der Waals surface area contributed by atoms with Crippen LogP contribution in [0.25, 0.3) is 0 Å². The van der Waals surface area contributed by atoms with Crippen LogP contribution in [0.2, 0.25) is 10.0 Å². The van der Waals surface area contributed by atoms with Gasteiger partial charge < -0.3 is 0 Å². The van der Waals surface area contributed by atoms with Crippen LogP contribution in [0.15, 0.2) is 18.2 Å². The maximum Gasteiger partial charge on any atom is 0.0465 e. The summed E-state index contributed by atoms with van der Waals surface area (Å²) in [6, 6.07) is 5.66. The number of nitrogens with zero attached hydrogens (tertiary/aromatic N) is 1. The minimum Gasteiger partial charge on any atom is -0.298 e. The molecule has 0 N–H and O–H groups in total. The predicted octanol–water partition coefficient (Wildman–Crippen LogP) is 4.20. The van der Waals surface area contributed by atoms with Crippen molar-refractivity contribution < 1.29 is 0 Å². The standard InChI is InChI=1S/C12H14Cl3N/c13-10-4-3-9(12(15)6-10)7-16-5-1-2-11(14)8-16/h3-4,6,11H,1-2,5,7-8H2. The number of hydrogen-bond acceptors (Lipinski definition) is 1. The van der Waals surface area contributed by atoms with Gasteiger partial charge >= 0.3 is 0 Å². The molecule has 2 rings (SSSR count). The predicted molar refractivity (Wildman–Crippen MR) is 70.6 cm³/mol. The normalized spacial score (nSPS) is 22.3. The summed E-state index contributed by atoms with van der Waals surface area (Å²) in [5.74, 6) is 0. The second-order valence-electron chi connectivity index (χ2n) is 4.21. The molecule has 4 heteroatoms. The molecule has 1 saturated heterocycles. The largest absolute Gasteiger partial charge is 0.298 e. The minimum absolute atomic E-state index is 0.278. The molecule has 1 aliphatic rings. The number of hydrogen-bond donors (Lipinski definition) is 0. The van der Waals surface area contributed by atoms with Gasteiger partial charge in [-0.15, -0.1) is 11.6 Å². The summed E-state index contributed by atoms with van der Waals surface area (Å²) in [5.41, 5.74) is 1.12. The Hall–Kier alpha value is 0.0500. The second kappa shape index (κ2) is 5.59. The van der Waals surface area contributed by atoms with Gasteiger partial charge in [0.2, 0.25) is 0 Å². The van der Waals surface area contributed by atoms with Crippen molar-refractivity contribution in [1.29, 1.82) is 0 Å². The molecule has 1 aliphatic heterocycles. The Morgan fingerprint density at radius 2 is 2.12 bits per heavy atom. The van der Waals surface area contributed by atoms with E-state index in [1.807, 2.05) is 12.1 Å². The highest BCUT2D eigenvalue weighted by atomic mass is 35.5. The first kappa shape index (κ1) is 12.5. The molecule has 0 spiro atoms. The van der Waals surface area contributed by atoms with Crippen LogP contribution >= 0.6 is 34.8 Å². The molecular weight excluding hydrogens is 264 g/mol. The molecule has 0 saturated carbocycles. The molecule has 1 nitrogen and oxygen atoms in total. The SMILES string of the molecule is Clc1ccc(CN2CCCC(Cl)C2)c(Cl)c1. The third kappa shape index (κ3) is 3.27. The van der Waals surface area contributed by atoms with Gasteiger partial charge in [0.15, 0.2) is 0 Å². The Morgan fingerprint density at radius 3 is 2.81 bits per heavy atom. The lowest BCUT2D eigenvalue weighted by molar-refractivity contribution is 0.224. The van der Waals surface area contributed by atoms with Crippen molar-refractivity contribution in [3.05, 3.63) is 33.8 Å². The topological polar surface area (TPSA) is 3.24 Å². The fourth-order valence-corrected chi connectivity index (χ4v) is 2.85. The molecule has 1 fully saturated rings. The number of rotatable bonds is 2. The molecule has 1 atom stereocenters. The van der Waals surface area contributed by atoms with E-state index in [4.69, 9.17) is 34.8 Å². The lowest BCUT2D eigenvalue weighted by Crippen LogP contribution is -2.35. The number of likely N-dealkylation sites (tertiary alicyclic amines) is 1. The van der Waals surface area contributed by atoms with E-state index >= 15 is 0 Å². The fraction of sp³-hybridized carbons (Fsp3) is 0.500.